The topological polar surface area (TPSA) is 145 Å². The molecule has 1 fully saturated rings. The third kappa shape index (κ3) is 12.4. The molecule has 1 aliphatic heterocycles. The summed E-state index contributed by atoms with van der Waals surface area (Å²) in [6, 6.07) is 7.94. The minimum absolute atomic E-state index is 0.0919. The van der Waals surface area contributed by atoms with Gasteiger partial charge in [0.15, 0.2) is 11.0 Å². The number of amides is 1. The molecule has 1 aromatic carbocycles. The number of benzene rings is 1. The van der Waals surface area contributed by atoms with Crippen LogP contribution in [0.1, 0.15) is 70.1 Å². The van der Waals surface area contributed by atoms with Crippen LogP contribution >= 0.6 is 0 Å². The maximum Gasteiger partial charge on any atom is 0.430 e. The number of carboxylic acids is 1. The van der Waals surface area contributed by atoms with Gasteiger partial charge >= 0.3 is 12.1 Å². The van der Waals surface area contributed by atoms with Crippen molar-refractivity contribution < 1.29 is 60.9 Å². The van der Waals surface area contributed by atoms with Gasteiger partial charge in [0.05, 0.1) is 57.9 Å². The maximum absolute atomic E-state index is 14.4. The van der Waals surface area contributed by atoms with Crippen molar-refractivity contribution >= 4 is 28.9 Å². The van der Waals surface area contributed by atoms with E-state index in [2.05, 4.69) is 34.0 Å². The second-order valence-corrected chi connectivity index (χ2v) is 13.3. The Bertz CT molecular complexity index is 1660. The number of nitrogens with zero attached hydrogens (tertiary/aromatic N) is 4. The molecule has 3 heterocycles. The normalized spacial score (nSPS) is 13.7. The molecule has 1 saturated heterocycles. The standard InChI is InChI=1S/C35H51N4O7.C2HF3O2/c1-8-38-29-23-26(25-10-11-30(36-24-25)45-27-14-18-44-19-15-27)22-28(34(41)37(16-20-42-6)17-21-43-7)33(29)39(9-2)31(38)12-13-32(40)46-35(3,4)5;3-2(4,5)1(6)7/h10-11,22-24,27H,8-9,12-21H2,1-7H3;(H,6,7)/q+1;/p-1. The summed E-state index contributed by atoms with van der Waals surface area (Å²) >= 11 is 0. The Kier molecular flexibility index (Phi) is 16.0. The zero-order valence-corrected chi connectivity index (χ0v) is 31.5. The zero-order valence-electron chi connectivity index (χ0n) is 31.5. The lowest BCUT2D eigenvalue weighted by Crippen LogP contribution is -2.41. The predicted octanol–water partition coefficient (Wildman–Crippen LogP) is 3.90. The molecule has 0 aliphatic carbocycles. The third-order valence-electron chi connectivity index (χ3n) is 8.28. The van der Waals surface area contributed by atoms with E-state index >= 15 is 0 Å². The lowest BCUT2D eigenvalue weighted by molar-refractivity contribution is -0.676. The van der Waals surface area contributed by atoms with E-state index in [4.69, 9.17) is 33.6 Å². The number of rotatable bonds is 15. The average molecular weight is 753 g/mol. The fourth-order valence-corrected chi connectivity index (χ4v) is 5.90. The molecule has 294 valence electrons. The van der Waals surface area contributed by atoms with Crippen LogP contribution in [0, 0.1) is 0 Å². The van der Waals surface area contributed by atoms with Crippen molar-refractivity contribution in [1.82, 2.24) is 14.5 Å². The Hall–Kier alpha value is -4.28. The number of hydrogen-bond acceptors (Lipinski definition) is 10. The quantitative estimate of drug-likeness (QED) is 0.166. The summed E-state index contributed by atoms with van der Waals surface area (Å²) in [5.41, 5.74) is 3.52. The molecule has 0 spiro atoms. The van der Waals surface area contributed by atoms with Gasteiger partial charge in [-0.3, -0.25) is 9.59 Å². The Morgan fingerprint density at radius 1 is 1.02 bits per heavy atom. The number of aryl methyl sites for hydroxylation is 2. The van der Waals surface area contributed by atoms with Crippen molar-refractivity contribution in [2.45, 2.75) is 91.3 Å². The number of imidazole rings is 1. The summed E-state index contributed by atoms with van der Waals surface area (Å²) in [5, 5.41) is 8.78. The molecule has 13 nitrogen and oxygen atoms in total. The van der Waals surface area contributed by atoms with Crippen LogP contribution in [-0.4, -0.2) is 104 Å². The first-order valence-electron chi connectivity index (χ1n) is 17.6. The second kappa shape index (κ2) is 19.7. The first kappa shape index (κ1) is 43.1. The van der Waals surface area contributed by atoms with E-state index in [9.17, 15) is 22.8 Å². The van der Waals surface area contributed by atoms with Crippen molar-refractivity contribution in [3.63, 3.8) is 0 Å². The van der Waals surface area contributed by atoms with Crippen molar-refractivity contribution in [2.24, 2.45) is 0 Å². The maximum atomic E-state index is 14.4. The number of alkyl halides is 3. The molecule has 2 aromatic heterocycles. The molecule has 1 aliphatic rings. The highest BCUT2D eigenvalue weighted by Crippen LogP contribution is 2.30. The van der Waals surface area contributed by atoms with Gasteiger partial charge in [-0.05, 0) is 58.4 Å². The molecule has 0 radical (unpaired) electrons. The van der Waals surface area contributed by atoms with Crippen LogP contribution in [0.3, 0.4) is 0 Å². The highest BCUT2D eigenvalue weighted by molar-refractivity contribution is 6.05. The molecule has 0 saturated carbocycles. The first-order chi connectivity index (χ1) is 25.0. The zero-order chi connectivity index (χ0) is 39.3. The summed E-state index contributed by atoms with van der Waals surface area (Å²) in [7, 11) is 3.26. The van der Waals surface area contributed by atoms with Crippen LogP contribution in [0.15, 0.2) is 30.5 Å². The van der Waals surface area contributed by atoms with Crippen LogP contribution < -0.4 is 14.4 Å². The highest BCUT2D eigenvalue weighted by Gasteiger charge is 2.32. The molecular weight excluding hydrogens is 701 g/mol. The number of esters is 1. The van der Waals surface area contributed by atoms with E-state index in [-0.39, 0.29) is 24.4 Å². The van der Waals surface area contributed by atoms with Crippen molar-refractivity contribution in [1.29, 1.82) is 0 Å². The van der Waals surface area contributed by atoms with Gasteiger partial charge in [-0.1, -0.05) is 0 Å². The molecule has 1 amide bonds. The fraction of sp³-hybridized carbons (Fsp3) is 0.595. The molecular formula is C37H51F3N4O9. The first-order valence-corrected chi connectivity index (χ1v) is 17.6. The number of ether oxygens (including phenoxy) is 5. The van der Waals surface area contributed by atoms with Gasteiger partial charge in [0.25, 0.3) is 11.7 Å². The fourth-order valence-electron chi connectivity index (χ4n) is 5.90. The SMILES string of the molecule is CCn1c(CCC(=O)OC(C)(C)C)[n+](CC)c2c(C(=O)N(CCOC)CCOC)cc(-c3ccc(OC4CCOCC4)nc3)cc21.O=C([O-])C(F)(F)F. The Morgan fingerprint density at radius 3 is 2.13 bits per heavy atom. The van der Waals surface area contributed by atoms with Crippen LogP contribution in [0.4, 0.5) is 13.2 Å². The highest BCUT2D eigenvalue weighted by atomic mass is 19.4. The molecule has 3 aromatic rings. The number of pyridine rings is 1. The van der Waals surface area contributed by atoms with Gasteiger partial charge in [-0.15, -0.1) is 0 Å². The summed E-state index contributed by atoms with van der Waals surface area (Å²) in [6.45, 7) is 14.1. The number of carbonyl (C=O) groups is 3. The molecule has 53 heavy (non-hydrogen) atoms. The van der Waals surface area contributed by atoms with Gasteiger partial charge in [0.1, 0.15) is 17.7 Å². The van der Waals surface area contributed by atoms with E-state index in [1.165, 1.54) is 0 Å². The Morgan fingerprint density at radius 2 is 1.64 bits per heavy atom. The van der Waals surface area contributed by atoms with Crippen LogP contribution in [0.5, 0.6) is 5.88 Å². The van der Waals surface area contributed by atoms with Gasteiger partial charge < -0.3 is 38.5 Å². The van der Waals surface area contributed by atoms with Crippen LogP contribution in [-0.2, 0) is 48.0 Å². The number of fused-ring (bicyclic) bond motifs is 1. The predicted molar refractivity (Wildman–Crippen MR) is 186 cm³/mol. The molecule has 0 N–H and O–H groups in total. The summed E-state index contributed by atoms with van der Waals surface area (Å²) in [5.74, 6) is -1.83. The van der Waals surface area contributed by atoms with Gasteiger partial charge in [0.2, 0.25) is 5.88 Å². The van der Waals surface area contributed by atoms with Crippen LogP contribution in [0.2, 0.25) is 0 Å². The van der Waals surface area contributed by atoms with Crippen molar-refractivity contribution in [3.05, 3.63) is 41.9 Å². The van der Waals surface area contributed by atoms with E-state index in [0.29, 0.717) is 70.5 Å². The van der Waals surface area contributed by atoms with Crippen LogP contribution in [0.25, 0.3) is 22.2 Å². The van der Waals surface area contributed by atoms with Gasteiger partial charge in [-0.25, -0.2) is 14.1 Å². The third-order valence-corrected chi connectivity index (χ3v) is 8.28. The lowest BCUT2D eigenvalue weighted by atomic mass is 10.0. The number of carboxylic acid groups (broad SMARTS) is 1. The largest absolute Gasteiger partial charge is 0.542 e. The number of aliphatic carboxylic acids is 1. The minimum atomic E-state index is -5.19. The summed E-state index contributed by atoms with van der Waals surface area (Å²) in [6.07, 6.45) is -0.907. The van der Waals surface area contributed by atoms with E-state index < -0.39 is 17.7 Å². The van der Waals surface area contributed by atoms with Gasteiger partial charge in [0, 0.05) is 58.0 Å². The van der Waals surface area contributed by atoms with Crippen molar-refractivity contribution in [2.75, 3.05) is 53.7 Å². The number of hydrogen-bond donors (Lipinski definition) is 0. The average Bonchev–Trinajstić information content (AvgIpc) is 3.42. The molecule has 0 unspecified atom stereocenters. The summed E-state index contributed by atoms with van der Waals surface area (Å²) < 4.78 is 63.8. The molecule has 0 atom stereocenters. The smallest absolute Gasteiger partial charge is 0.430 e. The lowest BCUT2D eigenvalue weighted by Gasteiger charge is -2.23. The van der Waals surface area contributed by atoms with E-state index in [0.717, 1.165) is 40.8 Å². The van der Waals surface area contributed by atoms with Gasteiger partial charge in [-0.2, -0.15) is 13.2 Å². The monoisotopic (exact) mass is 752 g/mol. The van der Waals surface area contributed by atoms with E-state index in [1.807, 2.05) is 39.0 Å². The summed E-state index contributed by atoms with van der Waals surface area (Å²) in [4.78, 5) is 42.3. The Balaban J connectivity index is 0.000000980. The number of halogens is 3. The molecule has 4 rings (SSSR count). The number of aromatic nitrogens is 3. The number of methoxy groups -OCH3 is 2. The van der Waals surface area contributed by atoms with Crippen molar-refractivity contribution in [3.8, 4) is 17.0 Å². The molecule has 16 heteroatoms. The van der Waals surface area contributed by atoms with E-state index in [1.54, 1.807) is 25.3 Å². The Labute approximate surface area is 307 Å². The minimum Gasteiger partial charge on any atom is -0.542 e. The second-order valence-electron chi connectivity index (χ2n) is 13.3. The molecule has 0 bridgehead atoms. The number of carbonyl (C=O) groups excluding carboxylic acids is 3.